The van der Waals surface area contributed by atoms with Gasteiger partial charge in [-0.25, -0.2) is 17.6 Å². The van der Waals surface area contributed by atoms with Crippen LogP contribution < -0.4 is 10.6 Å². The van der Waals surface area contributed by atoms with Crippen molar-refractivity contribution < 1.29 is 48.9 Å². The van der Waals surface area contributed by atoms with Gasteiger partial charge in [-0.1, -0.05) is 36.4 Å². The minimum Gasteiger partial charge on any atom is -0.373 e. The van der Waals surface area contributed by atoms with E-state index < -0.39 is 35.1 Å². The van der Waals surface area contributed by atoms with E-state index in [0.29, 0.717) is 11.1 Å². The number of carbonyl (C=O) groups excluding carboxylic acids is 2. The number of nitrogens with one attached hydrogen (secondary N) is 2. The summed E-state index contributed by atoms with van der Waals surface area (Å²) in [5.74, 6) is -4.36. The molecule has 35 heavy (non-hydrogen) atoms. The number of benzene rings is 4. The van der Waals surface area contributed by atoms with Gasteiger partial charge in [0, 0.05) is 34.4 Å². The molecule has 0 aromatic heterocycles. The van der Waals surface area contributed by atoms with E-state index in [-0.39, 0.29) is 33.1 Å². The van der Waals surface area contributed by atoms with Gasteiger partial charge in [-0.15, -0.1) is 36.4 Å². The van der Waals surface area contributed by atoms with Crippen molar-refractivity contribution in [2.24, 2.45) is 0 Å². The summed E-state index contributed by atoms with van der Waals surface area (Å²) in [5.41, 5.74) is 0.605. The first kappa shape index (κ1) is 27.5. The number of hydrogen-bond donors (Lipinski definition) is 2. The van der Waals surface area contributed by atoms with Gasteiger partial charge in [0.2, 0.25) is 11.8 Å². The molecule has 0 unspecified atom stereocenters. The van der Waals surface area contributed by atoms with Crippen LogP contribution in [0, 0.1) is 35.4 Å². The van der Waals surface area contributed by atoms with E-state index in [9.17, 15) is 27.2 Å². The standard InChI is InChI=1S/2C13H8F2NO.Ti/c2*14-10-6-7-12(11(15)8-10)16-13(17)9-4-2-1-3-5-9;/h2*1-7H,(H,16,17);/q2*-1;+2. The average molecular weight is 512 g/mol. The maximum Gasteiger partial charge on any atom is 2.00 e. The van der Waals surface area contributed by atoms with E-state index in [2.05, 4.69) is 10.6 Å². The average Bonchev–Trinajstić information content (AvgIpc) is 2.84. The fraction of sp³-hybridized carbons (Fsp3) is 0. The summed E-state index contributed by atoms with van der Waals surface area (Å²) in [4.78, 5) is 23.3. The first-order valence-electron chi connectivity index (χ1n) is 9.81. The summed E-state index contributed by atoms with van der Waals surface area (Å²) < 4.78 is 51.6. The summed E-state index contributed by atoms with van der Waals surface area (Å²) in [6, 6.07) is 24.8. The largest absolute Gasteiger partial charge is 2.00 e. The normalized spacial score (nSPS) is 9.71. The number of anilines is 2. The second kappa shape index (κ2) is 13.2. The Kier molecular flexibility index (Phi) is 10.4. The Bertz CT molecular complexity index is 1190. The van der Waals surface area contributed by atoms with Gasteiger partial charge >= 0.3 is 21.7 Å². The summed E-state index contributed by atoms with van der Waals surface area (Å²) >= 11 is 0. The van der Waals surface area contributed by atoms with Gasteiger partial charge in [0.25, 0.3) is 0 Å². The molecule has 4 nitrogen and oxygen atoms in total. The monoisotopic (exact) mass is 512 g/mol. The molecule has 4 aromatic carbocycles. The molecule has 2 amide bonds. The SMILES string of the molecule is O=C(Nc1ccc(F)[c-]c1F)c1ccccc1.O=C(Nc1ccc(F)[c-]c1F)c1ccccc1.[Ti+2]. The van der Waals surface area contributed by atoms with E-state index in [4.69, 9.17) is 0 Å². The molecule has 4 rings (SSSR count). The van der Waals surface area contributed by atoms with Crippen molar-refractivity contribution in [2.75, 3.05) is 10.6 Å². The molecule has 0 aliphatic heterocycles. The minimum atomic E-state index is -0.922. The third-order valence-corrected chi connectivity index (χ3v) is 4.29. The zero-order valence-electron chi connectivity index (χ0n) is 17.9. The maximum atomic E-state index is 13.2. The van der Waals surface area contributed by atoms with Crippen LogP contribution in [0.2, 0.25) is 0 Å². The predicted molar refractivity (Wildman–Crippen MR) is 119 cm³/mol. The smallest absolute Gasteiger partial charge is 0.373 e. The zero-order chi connectivity index (χ0) is 24.5. The van der Waals surface area contributed by atoms with Crippen molar-refractivity contribution in [2.45, 2.75) is 0 Å². The van der Waals surface area contributed by atoms with Crippen LogP contribution in [0.3, 0.4) is 0 Å². The van der Waals surface area contributed by atoms with E-state index in [1.807, 2.05) is 12.1 Å². The quantitative estimate of drug-likeness (QED) is 0.199. The number of rotatable bonds is 4. The van der Waals surface area contributed by atoms with Crippen LogP contribution >= 0.6 is 0 Å². The third-order valence-electron chi connectivity index (χ3n) is 4.29. The van der Waals surface area contributed by atoms with Gasteiger partial charge in [0.05, 0.1) is 0 Å². The molecule has 0 bridgehead atoms. The van der Waals surface area contributed by atoms with Crippen LogP contribution in [0.1, 0.15) is 20.7 Å². The van der Waals surface area contributed by atoms with Gasteiger partial charge in [-0.2, -0.15) is 0 Å². The maximum absolute atomic E-state index is 13.2. The summed E-state index contributed by atoms with van der Waals surface area (Å²) in [5, 5.41) is 4.68. The van der Waals surface area contributed by atoms with Gasteiger partial charge in [-0.3, -0.25) is 9.59 Å². The number of halogens is 4. The Balaban J connectivity index is 0.000000240. The Morgan fingerprint density at radius 2 is 0.886 bits per heavy atom. The molecule has 2 N–H and O–H groups in total. The molecule has 4 aromatic rings. The third kappa shape index (κ3) is 8.21. The van der Waals surface area contributed by atoms with Crippen LogP contribution in [-0.4, -0.2) is 11.8 Å². The number of carbonyl (C=O) groups is 2. The molecule has 0 spiro atoms. The van der Waals surface area contributed by atoms with Crippen molar-refractivity contribution >= 4 is 23.2 Å². The Morgan fingerprint density at radius 1 is 0.543 bits per heavy atom. The van der Waals surface area contributed by atoms with Crippen LogP contribution in [0.4, 0.5) is 28.9 Å². The summed E-state index contributed by atoms with van der Waals surface area (Å²) in [7, 11) is 0. The van der Waals surface area contributed by atoms with Crippen LogP contribution in [0.5, 0.6) is 0 Å². The first-order valence-corrected chi connectivity index (χ1v) is 9.81. The summed E-state index contributed by atoms with van der Waals surface area (Å²) in [6.45, 7) is 0. The van der Waals surface area contributed by atoms with E-state index in [0.717, 1.165) is 24.3 Å². The second-order valence-electron chi connectivity index (χ2n) is 6.71. The summed E-state index contributed by atoms with van der Waals surface area (Å²) in [6.07, 6.45) is 0. The molecule has 0 saturated carbocycles. The second-order valence-corrected chi connectivity index (χ2v) is 6.71. The molecule has 0 heterocycles. The van der Waals surface area contributed by atoms with Crippen LogP contribution in [-0.2, 0) is 21.7 Å². The molecule has 0 atom stereocenters. The molecule has 0 saturated heterocycles. The molecule has 0 fully saturated rings. The van der Waals surface area contributed by atoms with Gasteiger partial charge < -0.3 is 10.6 Å². The Morgan fingerprint density at radius 3 is 1.20 bits per heavy atom. The number of amides is 2. The van der Waals surface area contributed by atoms with Crippen molar-refractivity contribution in [3.05, 3.63) is 131 Å². The van der Waals surface area contributed by atoms with Gasteiger partial charge in [-0.05, 0) is 35.6 Å². The fourth-order valence-corrected chi connectivity index (χ4v) is 2.65. The topological polar surface area (TPSA) is 58.2 Å². The Hall–Kier alpha value is -3.75. The predicted octanol–water partition coefficient (Wildman–Crippen LogP) is 6.03. The van der Waals surface area contributed by atoms with E-state index in [1.165, 1.54) is 0 Å². The molecule has 0 aliphatic rings. The molecular formula is C26H16F4N2O2Ti. The molecule has 0 aliphatic carbocycles. The van der Waals surface area contributed by atoms with Crippen LogP contribution in [0.25, 0.3) is 0 Å². The van der Waals surface area contributed by atoms with Gasteiger partial charge in [0.1, 0.15) is 0 Å². The molecular weight excluding hydrogens is 496 g/mol. The zero-order valence-corrected chi connectivity index (χ0v) is 19.5. The Labute approximate surface area is 213 Å². The van der Waals surface area contributed by atoms with Crippen molar-refractivity contribution in [3.8, 4) is 0 Å². The van der Waals surface area contributed by atoms with E-state index >= 15 is 0 Å². The van der Waals surface area contributed by atoms with Crippen molar-refractivity contribution in [1.82, 2.24) is 0 Å². The molecule has 9 heteroatoms. The van der Waals surface area contributed by atoms with Crippen molar-refractivity contribution in [3.63, 3.8) is 0 Å². The first-order chi connectivity index (χ1) is 16.3. The van der Waals surface area contributed by atoms with Crippen LogP contribution in [0.15, 0.2) is 84.9 Å². The van der Waals surface area contributed by atoms with E-state index in [1.54, 1.807) is 60.7 Å². The minimum absolute atomic E-state index is 0. The van der Waals surface area contributed by atoms with Crippen molar-refractivity contribution in [1.29, 1.82) is 0 Å². The molecule has 174 valence electrons. The van der Waals surface area contributed by atoms with Gasteiger partial charge in [0.15, 0.2) is 0 Å². The number of hydrogen-bond acceptors (Lipinski definition) is 2. The molecule has 0 radical (unpaired) electrons. The fourth-order valence-electron chi connectivity index (χ4n) is 2.65.